The van der Waals surface area contributed by atoms with Crippen LogP contribution < -0.4 is 10.5 Å². The molecule has 2 rings (SSSR count). The van der Waals surface area contributed by atoms with Gasteiger partial charge in [-0.05, 0) is 36.8 Å². The highest BCUT2D eigenvalue weighted by atomic mass is 35.5. The van der Waals surface area contributed by atoms with Crippen molar-refractivity contribution < 1.29 is 9.15 Å². The van der Waals surface area contributed by atoms with E-state index in [2.05, 4.69) is 0 Å². The predicted molar refractivity (Wildman–Crippen MR) is 67.1 cm³/mol. The number of hydrogen-bond acceptors (Lipinski definition) is 3. The summed E-state index contributed by atoms with van der Waals surface area (Å²) in [6, 6.07) is 7.44. The Morgan fingerprint density at radius 1 is 1.35 bits per heavy atom. The third-order valence-corrected chi connectivity index (χ3v) is 2.97. The fraction of sp³-hybridized carbons (Fsp3) is 0.231. The Kier molecular flexibility index (Phi) is 3.71. The first-order valence-electron chi connectivity index (χ1n) is 5.35. The van der Waals surface area contributed by atoms with Crippen molar-refractivity contribution in [3.05, 3.63) is 52.4 Å². The smallest absolute Gasteiger partial charge is 0.123 e. The molecule has 3 nitrogen and oxygen atoms in total. The van der Waals surface area contributed by atoms with Crippen LogP contribution in [0.5, 0.6) is 5.75 Å². The van der Waals surface area contributed by atoms with Crippen molar-refractivity contribution in [1.29, 1.82) is 0 Å². The van der Waals surface area contributed by atoms with Gasteiger partial charge in [-0.1, -0.05) is 11.6 Å². The van der Waals surface area contributed by atoms with Gasteiger partial charge in [0.15, 0.2) is 0 Å². The predicted octanol–water partition coefficient (Wildman–Crippen LogP) is 3.28. The first-order valence-corrected chi connectivity index (χ1v) is 5.72. The SMILES string of the molecule is Cc1cc(OCc2ccoc2CN)ccc1Cl. The van der Waals surface area contributed by atoms with E-state index in [1.807, 2.05) is 31.2 Å². The van der Waals surface area contributed by atoms with Crippen molar-refractivity contribution >= 4 is 11.6 Å². The third-order valence-electron chi connectivity index (χ3n) is 2.55. The lowest BCUT2D eigenvalue weighted by Gasteiger charge is -2.07. The van der Waals surface area contributed by atoms with Crippen LogP contribution in [0.15, 0.2) is 34.9 Å². The molecule has 4 heteroatoms. The van der Waals surface area contributed by atoms with Gasteiger partial charge < -0.3 is 14.9 Å². The molecule has 0 aliphatic heterocycles. The monoisotopic (exact) mass is 251 g/mol. The summed E-state index contributed by atoms with van der Waals surface area (Å²) in [5.74, 6) is 1.55. The van der Waals surface area contributed by atoms with Gasteiger partial charge >= 0.3 is 0 Å². The van der Waals surface area contributed by atoms with E-state index in [1.54, 1.807) is 6.26 Å². The van der Waals surface area contributed by atoms with Crippen LogP contribution in [0.3, 0.4) is 0 Å². The first-order chi connectivity index (χ1) is 8.20. The van der Waals surface area contributed by atoms with Crippen molar-refractivity contribution in [3.8, 4) is 5.75 Å². The number of ether oxygens (including phenoxy) is 1. The minimum atomic E-state index is 0.380. The zero-order chi connectivity index (χ0) is 12.3. The van der Waals surface area contributed by atoms with E-state index >= 15 is 0 Å². The molecule has 0 saturated carbocycles. The van der Waals surface area contributed by atoms with Gasteiger partial charge in [0.25, 0.3) is 0 Å². The molecule has 0 amide bonds. The molecule has 1 aromatic carbocycles. The van der Waals surface area contributed by atoms with Crippen molar-refractivity contribution in [2.45, 2.75) is 20.1 Å². The molecule has 0 fully saturated rings. The van der Waals surface area contributed by atoms with Crippen LogP contribution in [0, 0.1) is 6.92 Å². The van der Waals surface area contributed by atoms with Crippen molar-refractivity contribution in [3.63, 3.8) is 0 Å². The van der Waals surface area contributed by atoms with Gasteiger partial charge in [0.2, 0.25) is 0 Å². The molecule has 0 atom stereocenters. The fourth-order valence-electron chi connectivity index (χ4n) is 1.54. The summed E-state index contributed by atoms with van der Waals surface area (Å²) in [7, 11) is 0. The molecule has 2 aromatic rings. The number of aryl methyl sites for hydroxylation is 1. The highest BCUT2D eigenvalue weighted by Gasteiger charge is 2.05. The third kappa shape index (κ3) is 2.81. The number of benzene rings is 1. The van der Waals surface area contributed by atoms with Crippen LogP contribution in [0.25, 0.3) is 0 Å². The second-order valence-corrected chi connectivity index (χ2v) is 4.18. The van der Waals surface area contributed by atoms with E-state index in [4.69, 9.17) is 26.5 Å². The Labute approximate surface area is 105 Å². The van der Waals surface area contributed by atoms with Gasteiger partial charge in [-0.2, -0.15) is 0 Å². The number of rotatable bonds is 4. The number of nitrogens with two attached hydrogens (primary N) is 1. The maximum Gasteiger partial charge on any atom is 0.123 e. The van der Waals surface area contributed by atoms with E-state index in [0.717, 1.165) is 27.7 Å². The molecule has 0 radical (unpaired) electrons. The molecule has 1 heterocycles. The van der Waals surface area contributed by atoms with E-state index < -0.39 is 0 Å². The summed E-state index contributed by atoms with van der Waals surface area (Å²) in [6.07, 6.45) is 1.62. The molecule has 0 saturated heterocycles. The molecule has 2 N–H and O–H groups in total. The fourth-order valence-corrected chi connectivity index (χ4v) is 1.66. The van der Waals surface area contributed by atoms with Crippen molar-refractivity contribution in [2.24, 2.45) is 5.73 Å². The second kappa shape index (κ2) is 5.25. The Bertz CT molecular complexity index is 508. The lowest BCUT2D eigenvalue weighted by Crippen LogP contribution is -2.02. The van der Waals surface area contributed by atoms with Crippen LogP contribution in [-0.4, -0.2) is 0 Å². The minimum Gasteiger partial charge on any atom is -0.489 e. The molecular weight excluding hydrogens is 238 g/mol. The highest BCUT2D eigenvalue weighted by molar-refractivity contribution is 6.31. The van der Waals surface area contributed by atoms with E-state index in [-0.39, 0.29) is 0 Å². The molecule has 0 aliphatic carbocycles. The molecule has 0 bridgehead atoms. The van der Waals surface area contributed by atoms with Crippen molar-refractivity contribution in [2.75, 3.05) is 0 Å². The zero-order valence-corrected chi connectivity index (χ0v) is 10.3. The highest BCUT2D eigenvalue weighted by Crippen LogP contribution is 2.22. The minimum absolute atomic E-state index is 0.380. The van der Waals surface area contributed by atoms with Gasteiger partial charge in [0.05, 0.1) is 12.8 Å². The van der Waals surface area contributed by atoms with E-state index in [0.29, 0.717) is 13.2 Å². The largest absolute Gasteiger partial charge is 0.489 e. The summed E-state index contributed by atoms with van der Waals surface area (Å²) in [5.41, 5.74) is 7.51. The Hall–Kier alpha value is -1.45. The average Bonchev–Trinajstić information content (AvgIpc) is 2.78. The summed E-state index contributed by atoms with van der Waals surface area (Å²) in [4.78, 5) is 0. The van der Waals surface area contributed by atoms with E-state index in [1.165, 1.54) is 0 Å². The van der Waals surface area contributed by atoms with Crippen LogP contribution in [0.4, 0.5) is 0 Å². The van der Waals surface area contributed by atoms with Gasteiger partial charge in [0, 0.05) is 10.6 Å². The lowest BCUT2D eigenvalue weighted by molar-refractivity contribution is 0.302. The van der Waals surface area contributed by atoms with Crippen molar-refractivity contribution in [1.82, 2.24) is 0 Å². The van der Waals surface area contributed by atoms with Gasteiger partial charge in [-0.25, -0.2) is 0 Å². The maximum atomic E-state index is 5.94. The van der Waals surface area contributed by atoms with Crippen LogP contribution in [-0.2, 0) is 13.2 Å². The summed E-state index contributed by atoms with van der Waals surface area (Å²) in [6.45, 7) is 2.77. The topological polar surface area (TPSA) is 48.4 Å². The number of furan rings is 1. The first kappa shape index (κ1) is 12.0. The average molecular weight is 252 g/mol. The number of hydrogen-bond donors (Lipinski definition) is 1. The molecular formula is C13H14ClNO2. The standard InChI is InChI=1S/C13H14ClNO2/c1-9-6-11(2-3-12(9)14)17-8-10-4-5-16-13(10)7-15/h2-6H,7-8,15H2,1H3. The van der Waals surface area contributed by atoms with E-state index in [9.17, 15) is 0 Å². The molecule has 1 aromatic heterocycles. The Balaban J connectivity index is 2.05. The lowest BCUT2D eigenvalue weighted by atomic mass is 10.2. The van der Waals surface area contributed by atoms with Gasteiger partial charge in [-0.3, -0.25) is 0 Å². The number of halogens is 1. The molecule has 0 aliphatic rings. The van der Waals surface area contributed by atoms with Crippen LogP contribution in [0.1, 0.15) is 16.9 Å². The molecule has 90 valence electrons. The Morgan fingerprint density at radius 2 is 2.18 bits per heavy atom. The normalized spacial score (nSPS) is 10.5. The molecule has 0 spiro atoms. The maximum absolute atomic E-state index is 5.94. The Morgan fingerprint density at radius 3 is 2.88 bits per heavy atom. The second-order valence-electron chi connectivity index (χ2n) is 3.77. The molecule has 17 heavy (non-hydrogen) atoms. The van der Waals surface area contributed by atoms with Gasteiger partial charge in [-0.15, -0.1) is 0 Å². The summed E-state index contributed by atoms with van der Waals surface area (Å²) < 4.78 is 10.9. The zero-order valence-electron chi connectivity index (χ0n) is 9.57. The quantitative estimate of drug-likeness (QED) is 0.907. The van der Waals surface area contributed by atoms with Crippen LogP contribution in [0.2, 0.25) is 5.02 Å². The van der Waals surface area contributed by atoms with Gasteiger partial charge in [0.1, 0.15) is 18.1 Å². The molecule has 0 unspecified atom stereocenters. The van der Waals surface area contributed by atoms with Crippen LogP contribution >= 0.6 is 11.6 Å². The summed E-state index contributed by atoms with van der Waals surface area (Å²) >= 11 is 5.94. The summed E-state index contributed by atoms with van der Waals surface area (Å²) in [5, 5.41) is 0.739.